The molecule has 0 aliphatic carbocycles. The molecule has 0 spiro atoms. The molecule has 20 heavy (non-hydrogen) atoms. The number of aromatic hydroxyl groups is 1. The van der Waals surface area contributed by atoms with Crippen LogP contribution >= 0.6 is 0 Å². The van der Waals surface area contributed by atoms with E-state index in [9.17, 15) is 14.9 Å². The number of amides is 1. The second-order valence-corrected chi connectivity index (χ2v) is 5.65. The Morgan fingerprint density at radius 1 is 1.50 bits per heavy atom. The Hall–Kier alpha value is -1.73. The van der Waals surface area contributed by atoms with E-state index in [1.54, 1.807) is 26.8 Å². The quantitative estimate of drug-likeness (QED) is 0.691. The van der Waals surface area contributed by atoms with E-state index in [4.69, 9.17) is 9.39 Å². The predicted molar refractivity (Wildman–Crippen MR) is 73.6 cm³/mol. The van der Waals surface area contributed by atoms with Gasteiger partial charge >= 0.3 is 13.2 Å². The fraction of sp³-hybridized carbons (Fsp3) is 0.462. The van der Waals surface area contributed by atoms with E-state index < -0.39 is 18.8 Å². The zero-order chi connectivity index (χ0) is 14.9. The van der Waals surface area contributed by atoms with Crippen LogP contribution in [-0.4, -0.2) is 28.9 Å². The molecular formula is C13H18BNO5. The van der Waals surface area contributed by atoms with E-state index in [2.05, 4.69) is 5.32 Å². The first-order valence-corrected chi connectivity index (χ1v) is 6.38. The SMILES string of the molecule is CC(C)(C)OC(=O)NCc1c(O)ccc2c1B(O)OC2. The fourth-order valence-corrected chi connectivity index (χ4v) is 2.05. The van der Waals surface area contributed by atoms with Crippen molar-refractivity contribution >= 4 is 18.7 Å². The van der Waals surface area contributed by atoms with E-state index in [-0.39, 0.29) is 18.9 Å². The number of carbonyl (C=O) groups excluding carboxylic acids is 1. The lowest BCUT2D eigenvalue weighted by Gasteiger charge is -2.20. The van der Waals surface area contributed by atoms with Crippen molar-refractivity contribution in [3.8, 4) is 5.75 Å². The minimum Gasteiger partial charge on any atom is -0.508 e. The Labute approximate surface area is 117 Å². The molecule has 6 nitrogen and oxygen atoms in total. The molecule has 1 heterocycles. The lowest BCUT2D eigenvalue weighted by molar-refractivity contribution is 0.0523. The number of hydrogen-bond donors (Lipinski definition) is 3. The third-order valence-electron chi connectivity index (χ3n) is 2.87. The first kappa shape index (κ1) is 14.7. The van der Waals surface area contributed by atoms with Crippen molar-refractivity contribution in [2.24, 2.45) is 0 Å². The second kappa shape index (κ2) is 5.34. The van der Waals surface area contributed by atoms with Gasteiger partial charge in [-0.2, -0.15) is 0 Å². The van der Waals surface area contributed by atoms with Crippen LogP contribution in [0.15, 0.2) is 12.1 Å². The largest absolute Gasteiger partial charge is 0.508 e. The summed E-state index contributed by atoms with van der Waals surface area (Å²) in [6.45, 7) is 5.64. The molecule has 2 rings (SSSR count). The van der Waals surface area contributed by atoms with E-state index in [1.165, 1.54) is 6.07 Å². The second-order valence-electron chi connectivity index (χ2n) is 5.65. The molecule has 0 saturated heterocycles. The number of rotatable bonds is 2. The minimum absolute atomic E-state index is 0.00404. The topological polar surface area (TPSA) is 88.0 Å². The molecule has 0 atom stereocenters. The molecule has 0 unspecified atom stereocenters. The standard InChI is InChI=1S/C13H18BNO5/c1-13(2,3)20-12(17)15-6-9-10(16)5-4-8-7-19-14(18)11(8)9/h4-5,16,18H,6-7H2,1-3H3,(H,15,17). The highest BCUT2D eigenvalue weighted by molar-refractivity contribution is 6.62. The van der Waals surface area contributed by atoms with Crippen LogP contribution in [0, 0.1) is 0 Å². The summed E-state index contributed by atoms with van der Waals surface area (Å²) < 4.78 is 10.2. The molecule has 108 valence electrons. The number of carbonyl (C=O) groups is 1. The number of ether oxygens (including phenoxy) is 1. The number of alkyl carbamates (subject to hydrolysis) is 1. The summed E-state index contributed by atoms with van der Waals surface area (Å²) in [6.07, 6.45) is -0.581. The van der Waals surface area contributed by atoms with Crippen LogP contribution in [0.4, 0.5) is 4.79 Å². The van der Waals surface area contributed by atoms with Crippen molar-refractivity contribution in [2.75, 3.05) is 0 Å². The molecule has 7 heteroatoms. The average Bonchev–Trinajstić information content (AvgIpc) is 2.68. The maximum Gasteiger partial charge on any atom is 0.492 e. The van der Waals surface area contributed by atoms with Crippen LogP contribution in [0.3, 0.4) is 0 Å². The van der Waals surface area contributed by atoms with Crippen LogP contribution < -0.4 is 10.8 Å². The fourth-order valence-electron chi connectivity index (χ4n) is 2.05. The molecule has 0 saturated carbocycles. The van der Waals surface area contributed by atoms with Crippen molar-refractivity contribution in [1.29, 1.82) is 0 Å². The monoisotopic (exact) mass is 279 g/mol. The lowest BCUT2D eigenvalue weighted by Crippen LogP contribution is -2.36. The van der Waals surface area contributed by atoms with Crippen LogP contribution in [0.2, 0.25) is 0 Å². The Bertz CT molecular complexity index is 526. The maximum absolute atomic E-state index is 11.6. The van der Waals surface area contributed by atoms with Gasteiger partial charge < -0.3 is 24.8 Å². The molecule has 1 aromatic carbocycles. The lowest BCUT2D eigenvalue weighted by atomic mass is 9.76. The van der Waals surface area contributed by atoms with Gasteiger partial charge in [0, 0.05) is 12.1 Å². The summed E-state index contributed by atoms with van der Waals surface area (Å²) in [7, 11) is -1.08. The first-order valence-electron chi connectivity index (χ1n) is 6.38. The Morgan fingerprint density at radius 2 is 2.20 bits per heavy atom. The van der Waals surface area contributed by atoms with Gasteiger partial charge in [0.1, 0.15) is 11.4 Å². The summed E-state index contributed by atoms with van der Waals surface area (Å²) in [4.78, 5) is 11.6. The molecule has 0 radical (unpaired) electrons. The third-order valence-corrected chi connectivity index (χ3v) is 2.87. The van der Waals surface area contributed by atoms with Crippen LogP contribution in [0.5, 0.6) is 5.75 Å². The molecule has 0 aromatic heterocycles. The Balaban J connectivity index is 2.11. The van der Waals surface area contributed by atoms with E-state index in [1.807, 2.05) is 0 Å². The Morgan fingerprint density at radius 3 is 2.85 bits per heavy atom. The number of benzene rings is 1. The highest BCUT2D eigenvalue weighted by Crippen LogP contribution is 2.21. The Kier molecular flexibility index (Phi) is 3.92. The summed E-state index contributed by atoms with van der Waals surface area (Å²) in [5.74, 6) is 0.00404. The van der Waals surface area contributed by atoms with Crippen molar-refractivity contribution in [2.45, 2.75) is 39.5 Å². The summed E-state index contributed by atoms with van der Waals surface area (Å²) in [6, 6.07) is 3.21. The first-order chi connectivity index (χ1) is 9.28. The number of hydrogen-bond acceptors (Lipinski definition) is 5. The summed E-state index contributed by atoms with van der Waals surface area (Å²) in [5.41, 5.74) is 1.17. The maximum atomic E-state index is 11.6. The van der Waals surface area contributed by atoms with Crippen molar-refractivity contribution in [1.82, 2.24) is 5.32 Å². The molecular weight excluding hydrogens is 261 g/mol. The van der Waals surface area contributed by atoms with Gasteiger partial charge in [0.25, 0.3) is 0 Å². The van der Waals surface area contributed by atoms with Gasteiger partial charge in [-0.1, -0.05) is 6.07 Å². The van der Waals surface area contributed by atoms with Crippen LogP contribution in [0.25, 0.3) is 0 Å². The molecule has 0 bridgehead atoms. The van der Waals surface area contributed by atoms with E-state index in [0.717, 1.165) is 5.56 Å². The average molecular weight is 279 g/mol. The number of phenolic OH excluding ortho intramolecular Hbond substituents is 1. The van der Waals surface area contributed by atoms with E-state index in [0.29, 0.717) is 11.0 Å². The summed E-state index contributed by atoms with van der Waals surface area (Å²) >= 11 is 0. The number of phenols is 1. The van der Waals surface area contributed by atoms with Gasteiger partial charge in [-0.15, -0.1) is 0 Å². The molecule has 0 fully saturated rings. The highest BCUT2D eigenvalue weighted by Gasteiger charge is 2.31. The molecule has 1 aliphatic rings. The van der Waals surface area contributed by atoms with E-state index >= 15 is 0 Å². The molecule has 1 amide bonds. The van der Waals surface area contributed by atoms with Gasteiger partial charge in [-0.05, 0) is 37.9 Å². The van der Waals surface area contributed by atoms with Gasteiger partial charge in [0.2, 0.25) is 0 Å². The van der Waals surface area contributed by atoms with Crippen LogP contribution in [-0.2, 0) is 22.5 Å². The normalized spacial score (nSPS) is 14.1. The van der Waals surface area contributed by atoms with Crippen LogP contribution in [0.1, 0.15) is 31.9 Å². The number of fused-ring (bicyclic) bond motifs is 1. The number of nitrogens with one attached hydrogen (secondary N) is 1. The minimum atomic E-state index is -1.08. The van der Waals surface area contributed by atoms with Gasteiger partial charge in [-0.3, -0.25) is 0 Å². The molecule has 1 aromatic rings. The summed E-state index contributed by atoms with van der Waals surface area (Å²) in [5, 5.41) is 22.2. The smallest absolute Gasteiger partial charge is 0.492 e. The van der Waals surface area contributed by atoms with Gasteiger partial charge in [-0.25, -0.2) is 4.79 Å². The van der Waals surface area contributed by atoms with Crippen molar-refractivity contribution < 1.29 is 24.3 Å². The molecule has 3 N–H and O–H groups in total. The van der Waals surface area contributed by atoms with Crippen molar-refractivity contribution in [3.05, 3.63) is 23.3 Å². The van der Waals surface area contributed by atoms with Gasteiger partial charge in [0.05, 0.1) is 6.61 Å². The zero-order valence-electron chi connectivity index (χ0n) is 11.8. The van der Waals surface area contributed by atoms with Crippen molar-refractivity contribution in [3.63, 3.8) is 0 Å². The predicted octanol–water partition coefficient (Wildman–Crippen LogP) is 0.635. The zero-order valence-corrected chi connectivity index (χ0v) is 11.8. The third kappa shape index (κ3) is 3.23. The molecule has 1 aliphatic heterocycles. The van der Waals surface area contributed by atoms with Gasteiger partial charge in [0.15, 0.2) is 0 Å². The highest BCUT2D eigenvalue weighted by atomic mass is 16.6.